The Labute approximate surface area is 113 Å². The molecule has 104 valence electrons. The fourth-order valence-electron chi connectivity index (χ4n) is 2.18. The molecule has 1 amide bonds. The van der Waals surface area contributed by atoms with E-state index in [-0.39, 0.29) is 5.91 Å². The Morgan fingerprint density at radius 1 is 1.32 bits per heavy atom. The highest BCUT2D eigenvalue weighted by Gasteiger charge is 2.36. The number of nitrogens with one attached hydrogen (secondary N) is 1. The number of anilines is 2. The van der Waals surface area contributed by atoms with Crippen LogP contribution in [0.4, 0.5) is 11.4 Å². The van der Waals surface area contributed by atoms with Crippen molar-refractivity contribution in [2.24, 2.45) is 5.73 Å². The van der Waals surface area contributed by atoms with Crippen LogP contribution in [0.2, 0.25) is 0 Å². The predicted molar refractivity (Wildman–Crippen MR) is 76.4 cm³/mol. The molecule has 0 atom stereocenters. The minimum Gasteiger partial charge on any atom is -0.381 e. The molecule has 5 heteroatoms. The molecule has 0 bridgehead atoms. The van der Waals surface area contributed by atoms with Crippen LogP contribution in [0.1, 0.15) is 12.8 Å². The molecule has 1 aromatic carbocycles. The normalized spacial score (nSPS) is 17.8. The largest absolute Gasteiger partial charge is 0.381 e. The van der Waals surface area contributed by atoms with Crippen molar-refractivity contribution in [3.05, 3.63) is 24.3 Å². The molecule has 19 heavy (non-hydrogen) atoms. The molecular weight excluding hydrogens is 242 g/mol. The highest BCUT2D eigenvalue weighted by atomic mass is 16.5. The van der Waals surface area contributed by atoms with E-state index >= 15 is 0 Å². The van der Waals surface area contributed by atoms with E-state index in [4.69, 9.17) is 10.5 Å². The van der Waals surface area contributed by atoms with Crippen molar-refractivity contribution < 1.29 is 9.53 Å². The number of nitrogens with zero attached hydrogens (tertiary/aromatic N) is 1. The second kappa shape index (κ2) is 5.59. The van der Waals surface area contributed by atoms with Crippen molar-refractivity contribution in [3.63, 3.8) is 0 Å². The van der Waals surface area contributed by atoms with E-state index in [9.17, 15) is 4.79 Å². The maximum absolute atomic E-state index is 12.4. The molecule has 1 fully saturated rings. The van der Waals surface area contributed by atoms with Crippen molar-refractivity contribution in [1.82, 2.24) is 0 Å². The van der Waals surface area contributed by atoms with Crippen molar-refractivity contribution >= 4 is 17.3 Å². The molecule has 0 saturated carbocycles. The van der Waals surface area contributed by atoms with E-state index in [0.29, 0.717) is 26.1 Å². The summed E-state index contributed by atoms with van der Waals surface area (Å²) in [6, 6.07) is 7.69. The number of benzene rings is 1. The first-order valence-corrected chi connectivity index (χ1v) is 6.47. The molecule has 1 aliphatic heterocycles. The van der Waals surface area contributed by atoms with E-state index in [1.165, 1.54) is 0 Å². The highest BCUT2D eigenvalue weighted by molar-refractivity contribution is 6.00. The summed E-state index contributed by atoms with van der Waals surface area (Å²) in [6.45, 7) is 1.08. The monoisotopic (exact) mass is 263 g/mol. The van der Waals surface area contributed by atoms with Gasteiger partial charge in [-0.1, -0.05) is 12.1 Å². The number of carbonyl (C=O) groups excluding carboxylic acids is 1. The number of hydrogen-bond donors (Lipinski definition) is 2. The highest BCUT2D eigenvalue weighted by Crippen LogP contribution is 2.26. The van der Waals surface area contributed by atoms with Crippen molar-refractivity contribution in [3.8, 4) is 0 Å². The molecule has 1 saturated heterocycles. The SMILES string of the molecule is CN(C)c1ccccc1NC(=O)C1(N)CCOCC1. The van der Waals surface area contributed by atoms with Crippen molar-refractivity contribution in [2.45, 2.75) is 18.4 Å². The van der Waals surface area contributed by atoms with Gasteiger partial charge in [-0.2, -0.15) is 0 Å². The van der Waals surface area contributed by atoms with Gasteiger partial charge in [0.15, 0.2) is 0 Å². The molecule has 0 radical (unpaired) electrons. The van der Waals surface area contributed by atoms with Gasteiger partial charge in [0, 0.05) is 27.3 Å². The summed E-state index contributed by atoms with van der Waals surface area (Å²) >= 11 is 0. The maximum Gasteiger partial charge on any atom is 0.244 e. The van der Waals surface area contributed by atoms with Gasteiger partial charge in [-0.3, -0.25) is 4.79 Å². The number of ether oxygens (including phenoxy) is 1. The molecule has 3 N–H and O–H groups in total. The van der Waals surface area contributed by atoms with E-state index in [1.54, 1.807) is 0 Å². The van der Waals surface area contributed by atoms with Gasteiger partial charge in [0.25, 0.3) is 0 Å². The Kier molecular flexibility index (Phi) is 4.07. The maximum atomic E-state index is 12.4. The van der Waals surface area contributed by atoms with Crippen molar-refractivity contribution in [1.29, 1.82) is 0 Å². The molecule has 2 rings (SSSR count). The molecule has 0 aromatic heterocycles. The lowest BCUT2D eigenvalue weighted by atomic mass is 9.90. The Morgan fingerprint density at radius 3 is 2.58 bits per heavy atom. The van der Waals surface area contributed by atoms with Crippen LogP contribution in [0.15, 0.2) is 24.3 Å². The Balaban J connectivity index is 2.14. The van der Waals surface area contributed by atoms with Crippen LogP contribution < -0.4 is 16.0 Å². The van der Waals surface area contributed by atoms with Crippen LogP contribution in [-0.4, -0.2) is 38.8 Å². The second-order valence-corrected chi connectivity index (χ2v) is 5.13. The summed E-state index contributed by atoms with van der Waals surface area (Å²) in [6.07, 6.45) is 1.12. The third-order valence-electron chi connectivity index (χ3n) is 3.47. The Hall–Kier alpha value is -1.59. The van der Waals surface area contributed by atoms with E-state index in [2.05, 4.69) is 5.32 Å². The van der Waals surface area contributed by atoms with Crippen LogP contribution in [0, 0.1) is 0 Å². The van der Waals surface area contributed by atoms with E-state index in [0.717, 1.165) is 11.4 Å². The summed E-state index contributed by atoms with van der Waals surface area (Å²) in [5.74, 6) is -0.134. The second-order valence-electron chi connectivity index (χ2n) is 5.13. The number of hydrogen-bond acceptors (Lipinski definition) is 4. The minimum absolute atomic E-state index is 0.134. The summed E-state index contributed by atoms with van der Waals surface area (Å²) < 4.78 is 5.26. The third kappa shape index (κ3) is 3.05. The lowest BCUT2D eigenvalue weighted by molar-refractivity contribution is -0.124. The molecule has 1 heterocycles. The lowest BCUT2D eigenvalue weighted by Crippen LogP contribution is -2.54. The lowest BCUT2D eigenvalue weighted by Gasteiger charge is -2.32. The number of rotatable bonds is 3. The van der Waals surface area contributed by atoms with E-state index in [1.807, 2.05) is 43.3 Å². The van der Waals surface area contributed by atoms with Crippen LogP contribution in [-0.2, 0) is 9.53 Å². The Morgan fingerprint density at radius 2 is 1.95 bits per heavy atom. The van der Waals surface area contributed by atoms with Gasteiger partial charge in [0.2, 0.25) is 5.91 Å². The van der Waals surface area contributed by atoms with Gasteiger partial charge < -0.3 is 20.7 Å². The smallest absolute Gasteiger partial charge is 0.244 e. The average Bonchev–Trinajstić information content (AvgIpc) is 2.40. The number of para-hydroxylation sites is 2. The van der Waals surface area contributed by atoms with Crippen LogP contribution in [0.5, 0.6) is 0 Å². The number of nitrogens with two attached hydrogens (primary N) is 1. The van der Waals surface area contributed by atoms with Gasteiger partial charge in [-0.15, -0.1) is 0 Å². The first-order valence-electron chi connectivity index (χ1n) is 6.47. The van der Waals surface area contributed by atoms with Gasteiger partial charge >= 0.3 is 0 Å². The summed E-state index contributed by atoms with van der Waals surface area (Å²) in [7, 11) is 3.88. The number of amides is 1. The Bertz CT molecular complexity index is 454. The molecule has 5 nitrogen and oxygen atoms in total. The molecule has 0 spiro atoms. The van der Waals surface area contributed by atoms with Crippen molar-refractivity contribution in [2.75, 3.05) is 37.5 Å². The van der Waals surface area contributed by atoms with Crippen LogP contribution in [0.25, 0.3) is 0 Å². The fourth-order valence-corrected chi connectivity index (χ4v) is 2.18. The minimum atomic E-state index is -0.822. The van der Waals surface area contributed by atoms with Crippen LogP contribution in [0.3, 0.4) is 0 Å². The van der Waals surface area contributed by atoms with Gasteiger partial charge in [0.05, 0.1) is 11.4 Å². The quantitative estimate of drug-likeness (QED) is 0.860. The average molecular weight is 263 g/mol. The molecular formula is C14H21N3O2. The fraction of sp³-hybridized carbons (Fsp3) is 0.500. The summed E-state index contributed by atoms with van der Waals surface area (Å²) in [5.41, 5.74) is 7.10. The standard InChI is InChI=1S/C14H21N3O2/c1-17(2)12-6-4-3-5-11(12)16-13(18)14(15)7-9-19-10-8-14/h3-6H,7-10,15H2,1-2H3,(H,16,18). The van der Waals surface area contributed by atoms with E-state index < -0.39 is 5.54 Å². The molecule has 1 aliphatic rings. The number of carbonyl (C=O) groups is 1. The zero-order valence-corrected chi connectivity index (χ0v) is 11.5. The molecule has 0 aliphatic carbocycles. The first kappa shape index (κ1) is 13.8. The van der Waals surface area contributed by atoms with Crippen LogP contribution >= 0.6 is 0 Å². The molecule has 0 unspecified atom stereocenters. The predicted octanol–water partition coefficient (Wildman–Crippen LogP) is 1.20. The molecule has 1 aromatic rings. The first-order chi connectivity index (χ1) is 9.03. The van der Waals surface area contributed by atoms with Gasteiger partial charge in [-0.25, -0.2) is 0 Å². The van der Waals surface area contributed by atoms with Gasteiger partial charge in [0.1, 0.15) is 5.54 Å². The topological polar surface area (TPSA) is 67.6 Å². The van der Waals surface area contributed by atoms with Gasteiger partial charge in [-0.05, 0) is 25.0 Å². The summed E-state index contributed by atoms with van der Waals surface area (Å²) in [4.78, 5) is 14.3. The zero-order valence-electron chi connectivity index (χ0n) is 11.5. The summed E-state index contributed by atoms with van der Waals surface area (Å²) in [5, 5.41) is 2.94. The zero-order chi connectivity index (χ0) is 13.9. The third-order valence-corrected chi connectivity index (χ3v) is 3.47.